The summed E-state index contributed by atoms with van der Waals surface area (Å²) in [4.78, 5) is 0. The zero-order valence-corrected chi connectivity index (χ0v) is 22.6. The number of ether oxygens (including phenoxy) is 1. The smallest absolute Gasteiger partial charge is 0.133 e. The summed E-state index contributed by atoms with van der Waals surface area (Å²) in [6.07, 6.45) is 8.61. The molecule has 0 aliphatic heterocycles. The van der Waals surface area contributed by atoms with Gasteiger partial charge in [-0.05, 0) is 89.8 Å². The molecule has 0 aliphatic carbocycles. The van der Waals surface area contributed by atoms with Crippen molar-refractivity contribution in [2.75, 3.05) is 7.11 Å². The first-order valence-corrected chi connectivity index (χ1v) is 12.9. The molecule has 4 rings (SSSR count). The van der Waals surface area contributed by atoms with E-state index in [1.807, 2.05) is 27.8 Å². The van der Waals surface area contributed by atoms with E-state index >= 15 is 0 Å². The average molecular weight is 588 g/mol. The Hall–Kier alpha value is -2.52. The van der Waals surface area contributed by atoms with Gasteiger partial charge >= 0.3 is 0 Å². The highest BCUT2D eigenvalue weighted by molar-refractivity contribution is 9.10. The Kier molecular flexibility index (Phi) is 8.50. The maximum absolute atomic E-state index is 5.29. The first-order valence-electron chi connectivity index (χ1n) is 11.4. The lowest BCUT2D eigenvalue weighted by atomic mass is 10.1. The van der Waals surface area contributed by atoms with Gasteiger partial charge < -0.3 is 4.74 Å². The molecule has 0 radical (unpaired) electrons. The van der Waals surface area contributed by atoms with Gasteiger partial charge in [-0.25, -0.2) is 0 Å². The minimum Gasteiger partial charge on any atom is -0.496 e. The normalized spacial score (nSPS) is 11.2. The van der Waals surface area contributed by atoms with E-state index < -0.39 is 0 Å². The van der Waals surface area contributed by atoms with Crippen molar-refractivity contribution < 1.29 is 4.74 Å². The zero-order valence-electron chi connectivity index (χ0n) is 19.4. The molecule has 0 fully saturated rings. The summed E-state index contributed by atoms with van der Waals surface area (Å²) in [6, 6.07) is 12.6. The van der Waals surface area contributed by atoms with Crippen molar-refractivity contribution in [2.24, 2.45) is 0 Å². The quantitative estimate of drug-likeness (QED) is 0.236. The fourth-order valence-electron chi connectivity index (χ4n) is 3.72. The maximum Gasteiger partial charge on any atom is 0.133 e. The number of aryl methyl sites for hydroxylation is 7. The topological polar surface area (TPSA) is 70.7 Å². The minimum atomic E-state index is 0.789. The second-order valence-electron chi connectivity index (χ2n) is 8.35. The Bertz CT molecular complexity index is 1240. The molecule has 0 unspecified atom stereocenters. The summed E-state index contributed by atoms with van der Waals surface area (Å²) >= 11 is 7.14. The number of methoxy groups -OCH3 is 1. The highest BCUT2D eigenvalue weighted by atomic mass is 79.9. The van der Waals surface area contributed by atoms with Gasteiger partial charge in [0.1, 0.15) is 5.75 Å². The van der Waals surface area contributed by atoms with Crippen LogP contribution in [0.3, 0.4) is 0 Å². The van der Waals surface area contributed by atoms with Crippen molar-refractivity contribution >= 4 is 31.9 Å². The van der Waals surface area contributed by atoms with E-state index in [1.54, 1.807) is 7.11 Å². The molecule has 0 bridgehead atoms. The third kappa shape index (κ3) is 6.76. The fraction of sp³-hybridized carbons (Fsp3) is 0.360. The molecule has 0 aliphatic rings. The molecule has 2 aromatic heterocycles. The lowest BCUT2D eigenvalue weighted by molar-refractivity contribution is 0.412. The van der Waals surface area contributed by atoms with Gasteiger partial charge in [0.25, 0.3) is 0 Å². The van der Waals surface area contributed by atoms with Gasteiger partial charge in [-0.1, -0.05) is 44.6 Å². The Balaban J connectivity index is 1.20. The van der Waals surface area contributed by atoms with Crippen LogP contribution < -0.4 is 4.74 Å². The molecule has 34 heavy (non-hydrogen) atoms. The lowest BCUT2D eigenvalue weighted by Gasteiger charge is -2.06. The number of nitrogens with zero attached hydrogens (tertiary/aromatic N) is 6. The molecule has 0 spiro atoms. The van der Waals surface area contributed by atoms with Crippen LogP contribution in [-0.4, -0.2) is 37.1 Å². The van der Waals surface area contributed by atoms with Crippen LogP contribution in [0.25, 0.3) is 0 Å². The first kappa shape index (κ1) is 24.6. The summed E-state index contributed by atoms with van der Waals surface area (Å²) in [7, 11) is 1.67. The van der Waals surface area contributed by atoms with Crippen molar-refractivity contribution in [3.05, 3.63) is 85.8 Å². The van der Waals surface area contributed by atoms with Crippen molar-refractivity contribution in [1.82, 2.24) is 30.0 Å². The van der Waals surface area contributed by atoms with Crippen molar-refractivity contribution in [1.29, 1.82) is 0 Å². The molecule has 0 N–H and O–H groups in total. The molecular formula is C25H28Br2N6O. The largest absolute Gasteiger partial charge is 0.496 e. The van der Waals surface area contributed by atoms with E-state index in [4.69, 9.17) is 4.74 Å². The van der Waals surface area contributed by atoms with Crippen LogP contribution in [-0.2, 0) is 38.8 Å². The minimum absolute atomic E-state index is 0.789. The number of hydrogen-bond donors (Lipinski definition) is 0. The second kappa shape index (κ2) is 11.8. The van der Waals surface area contributed by atoms with Crippen LogP contribution in [0.15, 0.2) is 57.7 Å². The van der Waals surface area contributed by atoms with E-state index in [2.05, 4.69) is 89.7 Å². The van der Waals surface area contributed by atoms with Crippen LogP contribution in [0.1, 0.15) is 34.5 Å². The standard InChI is InChI=1S/C25H28Br2N6O/c1-18-6-7-19(14-23(18)26)10-12-32-16-21(28-30-32)4-3-5-22-17-33(31-29-22)13-11-20-8-9-25(34-2)24(27)15-20/h6-9,14-17H,3-5,10-13H2,1-2H3. The molecular weight excluding hydrogens is 560 g/mol. The highest BCUT2D eigenvalue weighted by Crippen LogP contribution is 2.25. The third-order valence-electron chi connectivity index (χ3n) is 5.75. The Labute approximate surface area is 216 Å². The fourth-order valence-corrected chi connectivity index (χ4v) is 4.73. The van der Waals surface area contributed by atoms with Gasteiger partial charge in [0.2, 0.25) is 0 Å². The number of benzene rings is 2. The predicted molar refractivity (Wildman–Crippen MR) is 139 cm³/mol. The van der Waals surface area contributed by atoms with Gasteiger partial charge in [-0.15, -0.1) is 10.2 Å². The molecule has 0 saturated heterocycles. The van der Waals surface area contributed by atoms with E-state index in [9.17, 15) is 0 Å². The van der Waals surface area contributed by atoms with Crippen molar-refractivity contribution in [2.45, 2.75) is 52.1 Å². The van der Waals surface area contributed by atoms with Crippen LogP contribution in [0.4, 0.5) is 0 Å². The monoisotopic (exact) mass is 586 g/mol. The average Bonchev–Trinajstić information content (AvgIpc) is 3.48. The molecule has 178 valence electrons. The Morgan fingerprint density at radius 2 is 1.32 bits per heavy atom. The Morgan fingerprint density at radius 3 is 1.85 bits per heavy atom. The number of halogens is 2. The molecule has 4 aromatic rings. The van der Waals surface area contributed by atoms with Crippen molar-refractivity contribution in [3.8, 4) is 5.75 Å². The van der Waals surface area contributed by atoms with Crippen LogP contribution >= 0.6 is 31.9 Å². The summed E-state index contributed by atoms with van der Waals surface area (Å²) in [5.41, 5.74) is 5.79. The zero-order chi connectivity index (χ0) is 23.9. The number of aromatic nitrogens is 6. The van der Waals surface area contributed by atoms with E-state index in [0.717, 1.165) is 71.3 Å². The second-order valence-corrected chi connectivity index (χ2v) is 10.1. The van der Waals surface area contributed by atoms with E-state index in [0.29, 0.717) is 0 Å². The summed E-state index contributed by atoms with van der Waals surface area (Å²) in [5, 5.41) is 17.2. The molecule has 0 atom stereocenters. The highest BCUT2D eigenvalue weighted by Gasteiger charge is 2.06. The maximum atomic E-state index is 5.29. The SMILES string of the molecule is COc1ccc(CCn2cc(CCCc3cn(CCc4ccc(C)c(Br)c4)nn3)nn2)cc1Br. The van der Waals surface area contributed by atoms with E-state index in [1.165, 1.54) is 16.7 Å². The van der Waals surface area contributed by atoms with Gasteiger partial charge in [0.05, 0.1) is 23.0 Å². The van der Waals surface area contributed by atoms with Gasteiger partial charge in [-0.2, -0.15) is 0 Å². The molecule has 0 amide bonds. The van der Waals surface area contributed by atoms with Gasteiger partial charge in [-0.3, -0.25) is 9.36 Å². The summed E-state index contributed by atoms with van der Waals surface area (Å²) in [6.45, 7) is 3.71. The summed E-state index contributed by atoms with van der Waals surface area (Å²) < 4.78 is 11.2. The lowest BCUT2D eigenvalue weighted by Crippen LogP contribution is -2.02. The number of hydrogen-bond acceptors (Lipinski definition) is 5. The van der Waals surface area contributed by atoms with Crippen LogP contribution in [0.5, 0.6) is 5.75 Å². The van der Waals surface area contributed by atoms with Gasteiger partial charge in [0.15, 0.2) is 0 Å². The van der Waals surface area contributed by atoms with Crippen LogP contribution in [0.2, 0.25) is 0 Å². The first-order chi connectivity index (χ1) is 16.5. The van der Waals surface area contributed by atoms with Crippen LogP contribution in [0, 0.1) is 6.92 Å². The molecule has 2 heterocycles. The molecule has 0 saturated carbocycles. The third-order valence-corrected chi connectivity index (χ3v) is 7.22. The molecule has 7 nitrogen and oxygen atoms in total. The molecule has 2 aromatic carbocycles. The number of rotatable bonds is 11. The van der Waals surface area contributed by atoms with E-state index in [-0.39, 0.29) is 0 Å². The van der Waals surface area contributed by atoms with Gasteiger partial charge in [0, 0.05) is 30.0 Å². The predicted octanol–water partition coefficient (Wildman–Crippen LogP) is 5.37. The Morgan fingerprint density at radius 1 is 0.765 bits per heavy atom. The molecule has 9 heteroatoms. The van der Waals surface area contributed by atoms with Crippen molar-refractivity contribution in [3.63, 3.8) is 0 Å². The summed E-state index contributed by atoms with van der Waals surface area (Å²) in [5.74, 6) is 0.839.